The highest BCUT2D eigenvalue weighted by Gasteiger charge is 2.28. The van der Waals surface area contributed by atoms with Gasteiger partial charge in [-0.2, -0.15) is 0 Å². The Morgan fingerprint density at radius 1 is 1.56 bits per heavy atom. The fourth-order valence-corrected chi connectivity index (χ4v) is 1.75. The fourth-order valence-electron chi connectivity index (χ4n) is 1.75. The van der Waals surface area contributed by atoms with Crippen LogP contribution in [0.1, 0.15) is 19.8 Å². The quantitative estimate of drug-likeness (QED) is 0.482. The van der Waals surface area contributed by atoms with Crippen LogP contribution < -0.4 is 10.6 Å². The first-order valence-corrected chi connectivity index (χ1v) is 5.44. The summed E-state index contributed by atoms with van der Waals surface area (Å²) in [6, 6.07) is -0.193. The third-order valence-electron chi connectivity index (χ3n) is 2.82. The SMILES string of the molecule is CC1CCNC1C(=O)NCC[C@H](O)C(=O)O. The van der Waals surface area contributed by atoms with Crippen LogP contribution in [0.4, 0.5) is 0 Å². The van der Waals surface area contributed by atoms with Gasteiger partial charge in [-0.3, -0.25) is 4.79 Å². The smallest absolute Gasteiger partial charge is 0.332 e. The third kappa shape index (κ3) is 3.46. The molecule has 1 fully saturated rings. The highest BCUT2D eigenvalue weighted by molar-refractivity contribution is 5.82. The summed E-state index contributed by atoms with van der Waals surface area (Å²) in [6.45, 7) is 3.00. The van der Waals surface area contributed by atoms with Crippen molar-refractivity contribution in [2.45, 2.75) is 31.9 Å². The van der Waals surface area contributed by atoms with E-state index in [9.17, 15) is 9.59 Å². The molecule has 3 atom stereocenters. The molecule has 1 saturated heterocycles. The van der Waals surface area contributed by atoms with Crippen molar-refractivity contribution in [3.63, 3.8) is 0 Å². The van der Waals surface area contributed by atoms with E-state index in [2.05, 4.69) is 10.6 Å². The van der Waals surface area contributed by atoms with Crippen LogP contribution in [0.3, 0.4) is 0 Å². The topological polar surface area (TPSA) is 98.7 Å². The molecule has 1 aliphatic heterocycles. The Labute approximate surface area is 94.0 Å². The summed E-state index contributed by atoms with van der Waals surface area (Å²) in [5.41, 5.74) is 0. The van der Waals surface area contributed by atoms with Crippen molar-refractivity contribution < 1.29 is 19.8 Å². The van der Waals surface area contributed by atoms with Crippen molar-refractivity contribution in [3.8, 4) is 0 Å². The second kappa shape index (κ2) is 5.81. The summed E-state index contributed by atoms with van der Waals surface area (Å²) in [6.07, 6.45) is -0.410. The van der Waals surface area contributed by atoms with Crippen LogP contribution in [0, 0.1) is 5.92 Å². The van der Waals surface area contributed by atoms with Crippen LogP contribution in [0.5, 0.6) is 0 Å². The predicted octanol–water partition coefficient (Wildman–Crippen LogP) is -1.06. The predicted molar refractivity (Wildman–Crippen MR) is 56.8 cm³/mol. The van der Waals surface area contributed by atoms with Gasteiger partial charge in [0.1, 0.15) is 0 Å². The molecule has 0 saturated carbocycles. The number of carbonyl (C=O) groups excluding carboxylic acids is 1. The number of carboxylic acid groups (broad SMARTS) is 1. The maximum atomic E-state index is 11.6. The van der Waals surface area contributed by atoms with Gasteiger partial charge in [-0.15, -0.1) is 0 Å². The van der Waals surface area contributed by atoms with Gasteiger partial charge >= 0.3 is 5.97 Å². The standard InChI is InChI=1S/C10H18N2O4/c1-6-2-4-11-8(6)9(14)12-5-3-7(13)10(15)16/h6-8,11,13H,2-5H2,1H3,(H,12,14)(H,15,16)/t6?,7-,8?/m0/s1. The van der Waals surface area contributed by atoms with E-state index in [-0.39, 0.29) is 24.9 Å². The van der Waals surface area contributed by atoms with E-state index in [0.717, 1.165) is 13.0 Å². The number of aliphatic hydroxyl groups excluding tert-OH is 1. The highest BCUT2D eigenvalue weighted by Crippen LogP contribution is 2.13. The van der Waals surface area contributed by atoms with Crippen molar-refractivity contribution in [2.24, 2.45) is 5.92 Å². The average molecular weight is 230 g/mol. The molecule has 1 aliphatic rings. The number of hydrogen-bond donors (Lipinski definition) is 4. The van der Waals surface area contributed by atoms with Crippen LogP contribution in [-0.4, -0.2) is 47.3 Å². The first-order valence-electron chi connectivity index (χ1n) is 5.44. The largest absolute Gasteiger partial charge is 0.479 e. The number of aliphatic hydroxyl groups is 1. The van der Waals surface area contributed by atoms with Gasteiger partial charge in [0.25, 0.3) is 0 Å². The summed E-state index contributed by atoms with van der Waals surface area (Å²) in [5, 5.41) is 23.1. The Bertz CT molecular complexity index is 270. The van der Waals surface area contributed by atoms with Gasteiger partial charge < -0.3 is 20.8 Å². The third-order valence-corrected chi connectivity index (χ3v) is 2.82. The maximum absolute atomic E-state index is 11.6. The van der Waals surface area contributed by atoms with Gasteiger partial charge in [0.05, 0.1) is 6.04 Å². The lowest BCUT2D eigenvalue weighted by Crippen LogP contribution is -2.44. The summed E-state index contributed by atoms with van der Waals surface area (Å²) < 4.78 is 0. The Morgan fingerprint density at radius 2 is 2.25 bits per heavy atom. The van der Waals surface area contributed by atoms with Crippen molar-refractivity contribution in [1.29, 1.82) is 0 Å². The first kappa shape index (κ1) is 12.9. The molecule has 6 heteroatoms. The summed E-state index contributed by atoms with van der Waals surface area (Å²) in [4.78, 5) is 21.9. The molecule has 16 heavy (non-hydrogen) atoms. The second-order valence-corrected chi connectivity index (χ2v) is 4.13. The van der Waals surface area contributed by atoms with Crippen LogP contribution in [0.25, 0.3) is 0 Å². The van der Waals surface area contributed by atoms with Gasteiger partial charge in [-0.1, -0.05) is 6.92 Å². The van der Waals surface area contributed by atoms with Crippen LogP contribution >= 0.6 is 0 Å². The zero-order valence-corrected chi connectivity index (χ0v) is 9.27. The monoisotopic (exact) mass is 230 g/mol. The molecule has 2 unspecified atom stereocenters. The fraction of sp³-hybridized carbons (Fsp3) is 0.800. The van der Waals surface area contributed by atoms with Gasteiger partial charge in [-0.25, -0.2) is 4.79 Å². The van der Waals surface area contributed by atoms with Gasteiger partial charge in [0.15, 0.2) is 6.10 Å². The Morgan fingerprint density at radius 3 is 2.75 bits per heavy atom. The summed E-state index contributed by atoms with van der Waals surface area (Å²) in [5.74, 6) is -1.09. The molecule has 6 nitrogen and oxygen atoms in total. The van der Waals surface area contributed by atoms with E-state index in [1.807, 2.05) is 6.92 Å². The van der Waals surface area contributed by atoms with E-state index in [4.69, 9.17) is 10.2 Å². The van der Waals surface area contributed by atoms with E-state index in [1.54, 1.807) is 0 Å². The van der Waals surface area contributed by atoms with Crippen molar-refractivity contribution in [1.82, 2.24) is 10.6 Å². The molecule has 0 radical (unpaired) electrons. The molecular formula is C10H18N2O4. The minimum Gasteiger partial charge on any atom is -0.479 e. The molecule has 1 rings (SSSR count). The molecule has 0 aromatic heterocycles. The average Bonchev–Trinajstić information content (AvgIpc) is 2.64. The molecule has 1 amide bonds. The highest BCUT2D eigenvalue weighted by atomic mass is 16.4. The number of hydrogen-bond acceptors (Lipinski definition) is 4. The molecule has 1 heterocycles. The molecule has 0 spiro atoms. The molecule has 0 aromatic rings. The van der Waals surface area contributed by atoms with Crippen molar-refractivity contribution >= 4 is 11.9 Å². The Balaban J connectivity index is 2.22. The molecule has 0 aromatic carbocycles. The first-order chi connectivity index (χ1) is 7.52. The number of carbonyl (C=O) groups is 2. The van der Waals surface area contributed by atoms with Crippen LogP contribution in [-0.2, 0) is 9.59 Å². The number of aliphatic carboxylic acids is 1. The van der Waals surface area contributed by atoms with E-state index >= 15 is 0 Å². The number of rotatable bonds is 5. The lowest BCUT2D eigenvalue weighted by atomic mass is 10.0. The number of nitrogens with one attached hydrogen (secondary N) is 2. The molecule has 92 valence electrons. The van der Waals surface area contributed by atoms with E-state index < -0.39 is 12.1 Å². The Hall–Kier alpha value is -1.14. The van der Waals surface area contributed by atoms with Crippen molar-refractivity contribution in [3.05, 3.63) is 0 Å². The zero-order valence-electron chi connectivity index (χ0n) is 9.27. The minimum atomic E-state index is -1.41. The minimum absolute atomic E-state index is 0.0299. The zero-order chi connectivity index (χ0) is 12.1. The van der Waals surface area contributed by atoms with Crippen molar-refractivity contribution in [2.75, 3.05) is 13.1 Å². The molecule has 4 N–H and O–H groups in total. The lowest BCUT2D eigenvalue weighted by molar-refractivity contribution is -0.147. The molecule has 0 aliphatic carbocycles. The van der Waals surface area contributed by atoms with E-state index in [0.29, 0.717) is 5.92 Å². The van der Waals surface area contributed by atoms with Gasteiger partial charge in [-0.05, 0) is 18.9 Å². The van der Waals surface area contributed by atoms with Gasteiger partial charge in [0.2, 0.25) is 5.91 Å². The van der Waals surface area contributed by atoms with E-state index in [1.165, 1.54) is 0 Å². The van der Waals surface area contributed by atoms with Gasteiger partial charge in [0, 0.05) is 13.0 Å². The summed E-state index contributed by atoms with van der Waals surface area (Å²) in [7, 11) is 0. The molecular weight excluding hydrogens is 212 g/mol. The Kier molecular flexibility index (Phi) is 4.70. The maximum Gasteiger partial charge on any atom is 0.332 e. The molecule has 0 bridgehead atoms. The second-order valence-electron chi connectivity index (χ2n) is 4.13. The summed E-state index contributed by atoms with van der Waals surface area (Å²) >= 11 is 0. The van der Waals surface area contributed by atoms with Crippen LogP contribution in [0.2, 0.25) is 0 Å². The normalized spacial score (nSPS) is 26.4. The van der Waals surface area contributed by atoms with Crippen LogP contribution in [0.15, 0.2) is 0 Å². The number of carboxylic acids is 1. The lowest BCUT2D eigenvalue weighted by Gasteiger charge is -2.15. The number of amides is 1.